The molecular weight excluding hydrogens is 320 g/mol. The number of anilines is 1. The molecule has 0 aliphatic heterocycles. The Balaban J connectivity index is 1.78. The number of nitrogens with one attached hydrogen (secondary N) is 2. The second kappa shape index (κ2) is 9.54. The summed E-state index contributed by atoms with van der Waals surface area (Å²) in [6.45, 7) is 1.27. The summed E-state index contributed by atoms with van der Waals surface area (Å²) >= 11 is 0. The second-order valence-electron chi connectivity index (χ2n) is 5.39. The second-order valence-corrected chi connectivity index (χ2v) is 5.39. The molecule has 0 unspecified atom stereocenters. The normalized spacial score (nSPS) is 10.2. The Kier molecular flexibility index (Phi) is 7.10. The fraction of sp³-hybridized carbons (Fsp3) is 0.316. The highest BCUT2D eigenvalue weighted by Gasteiger charge is 2.09. The van der Waals surface area contributed by atoms with Crippen molar-refractivity contribution in [1.29, 1.82) is 0 Å². The molecule has 2 rings (SSSR count). The van der Waals surface area contributed by atoms with Gasteiger partial charge in [-0.2, -0.15) is 0 Å². The Bertz CT molecular complexity index is 686. The molecule has 0 aromatic heterocycles. The number of hydrogen-bond donors (Lipinski definition) is 2. The van der Waals surface area contributed by atoms with Crippen LogP contribution in [0.4, 0.5) is 5.69 Å². The van der Waals surface area contributed by atoms with Crippen molar-refractivity contribution in [2.45, 2.75) is 13.0 Å². The molecule has 0 saturated carbocycles. The molecule has 6 nitrogen and oxygen atoms in total. The quantitative estimate of drug-likeness (QED) is 0.685. The standard InChI is InChI=1S/C19H24N2O4/c1-23-15-6-4-14(5-7-15)13-20-11-10-19(22)21-17-12-16(24-2)8-9-18(17)25-3/h4-9,12,20H,10-11,13H2,1-3H3,(H,21,22). The van der Waals surface area contributed by atoms with E-state index in [0.29, 0.717) is 36.7 Å². The van der Waals surface area contributed by atoms with Crippen molar-refractivity contribution in [2.24, 2.45) is 0 Å². The molecule has 2 aromatic rings. The van der Waals surface area contributed by atoms with E-state index >= 15 is 0 Å². The van der Waals surface area contributed by atoms with E-state index < -0.39 is 0 Å². The van der Waals surface area contributed by atoms with Crippen molar-refractivity contribution in [3.8, 4) is 17.2 Å². The van der Waals surface area contributed by atoms with Crippen LogP contribution >= 0.6 is 0 Å². The first-order valence-corrected chi connectivity index (χ1v) is 8.01. The number of methoxy groups -OCH3 is 3. The molecule has 0 aliphatic rings. The van der Waals surface area contributed by atoms with Crippen LogP contribution in [-0.4, -0.2) is 33.8 Å². The lowest BCUT2D eigenvalue weighted by atomic mass is 10.2. The number of carbonyl (C=O) groups is 1. The van der Waals surface area contributed by atoms with Gasteiger partial charge in [0.15, 0.2) is 0 Å². The van der Waals surface area contributed by atoms with Gasteiger partial charge in [0.25, 0.3) is 0 Å². The van der Waals surface area contributed by atoms with Crippen LogP contribution in [0.15, 0.2) is 42.5 Å². The average Bonchev–Trinajstić information content (AvgIpc) is 2.65. The summed E-state index contributed by atoms with van der Waals surface area (Å²) in [5.74, 6) is 2.00. The Labute approximate surface area is 148 Å². The smallest absolute Gasteiger partial charge is 0.225 e. The van der Waals surface area contributed by atoms with Crippen LogP contribution in [0.5, 0.6) is 17.2 Å². The summed E-state index contributed by atoms with van der Waals surface area (Å²) in [6, 6.07) is 13.1. The third-order valence-electron chi connectivity index (χ3n) is 3.70. The number of carbonyl (C=O) groups excluding carboxylic acids is 1. The lowest BCUT2D eigenvalue weighted by Crippen LogP contribution is -2.21. The van der Waals surface area contributed by atoms with E-state index in [0.717, 1.165) is 11.3 Å². The molecule has 0 aliphatic carbocycles. The third-order valence-corrected chi connectivity index (χ3v) is 3.70. The Hall–Kier alpha value is -2.73. The first-order chi connectivity index (χ1) is 12.2. The Morgan fingerprint density at radius 1 is 0.920 bits per heavy atom. The minimum absolute atomic E-state index is 0.0891. The number of benzene rings is 2. The van der Waals surface area contributed by atoms with E-state index in [2.05, 4.69) is 10.6 Å². The molecule has 6 heteroatoms. The van der Waals surface area contributed by atoms with E-state index in [1.807, 2.05) is 24.3 Å². The topological polar surface area (TPSA) is 68.8 Å². The van der Waals surface area contributed by atoms with Gasteiger partial charge in [0, 0.05) is 25.6 Å². The summed E-state index contributed by atoms with van der Waals surface area (Å²) < 4.78 is 15.5. The van der Waals surface area contributed by atoms with E-state index in [1.165, 1.54) is 0 Å². The van der Waals surface area contributed by atoms with Crippen LogP contribution in [0.2, 0.25) is 0 Å². The first-order valence-electron chi connectivity index (χ1n) is 8.01. The van der Waals surface area contributed by atoms with Crippen LogP contribution in [0.1, 0.15) is 12.0 Å². The number of rotatable bonds is 9. The molecule has 1 amide bonds. The summed E-state index contributed by atoms with van der Waals surface area (Å²) in [4.78, 5) is 12.1. The van der Waals surface area contributed by atoms with Gasteiger partial charge in [-0.15, -0.1) is 0 Å². The highest BCUT2D eigenvalue weighted by atomic mass is 16.5. The van der Waals surface area contributed by atoms with Gasteiger partial charge < -0.3 is 24.8 Å². The Morgan fingerprint density at radius 2 is 1.60 bits per heavy atom. The predicted octanol–water partition coefficient (Wildman–Crippen LogP) is 2.83. The van der Waals surface area contributed by atoms with E-state index in [4.69, 9.17) is 14.2 Å². The number of amides is 1. The maximum absolute atomic E-state index is 12.1. The van der Waals surface area contributed by atoms with Crippen molar-refractivity contribution < 1.29 is 19.0 Å². The van der Waals surface area contributed by atoms with Crippen molar-refractivity contribution >= 4 is 11.6 Å². The lowest BCUT2D eigenvalue weighted by Gasteiger charge is -2.12. The third kappa shape index (κ3) is 5.69. The summed E-state index contributed by atoms with van der Waals surface area (Å²) in [5, 5.41) is 6.10. The molecule has 0 bridgehead atoms. The fourth-order valence-electron chi connectivity index (χ4n) is 2.30. The van der Waals surface area contributed by atoms with Gasteiger partial charge in [-0.05, 0) is 29.8 Å². The zero-order chi connectivity index (χ0) is 18.1. The van der Waals surface area contributed by atoms with Crippen molar-refractivity contribution in [3.05, 3.63) is 48.0 Å². The SMILES string of the molecule is COc1ccc(CNCCC(=O)Nc2cc(OC)ccc2OC)cc1. The molecule has 2 aromatic carbocycles. The molecule has 25 heavy (non-hydrogen) atoms. The van der Waals surface area contributed by atoms with Gasteiger partial charge in [0.2, 0.25) is 5.91 Å². The highest BCUT2D eigenvalue weighted by molar-refractivity contribution is 5.92. The van der Waals surface area contributed by atoms with Gasteiger partial charge in [-0.25, -0.2) is 0 Å². The molecule has 0 atom stereocenters. The molecule has 0 spiro atoms. The zero-order valence-electron chi connectivity index (χ0n) is 14.8. The van der Waals surface area contributed by atoms with Crippen molar-refractivity contribution in [1.82, 2.24) is 5.32 Å². The molecule has 0 saturated heterocycles. The summed E-state index contributed by atoms with van der Waals surface area (Å²) in [7, 11) is 4.79. The minimum Gasteiger partial charge on any atom is -0.497 e. The van der Waals surface area contributed by atoms with E-state index in [-0.39, 0.29) is 5.91 Å². The van der Waals surface area contributed by atoms with Gasteiger partial charge in [0.05, 0.1) is 27.0 Å². The van der Waals surface area contributed by atoms with Crippen LogP contribution in [-0.2, 0) is 11.3 Å². The summed E-state index contributed by atoms with van der Waals surface area (Å²) in [6.07, 6.45) is 0.358. The van der Waals surface area contributed by atoms with Crippen molar-refractivity contribution in [3.63, 3.8) is 0 Å². The average molecular weight is 344 g/mol. The lowest BCUT2D eigenvalue weighted by molar-refractivity contribution is -0.116. The van der Waals surface area contributed by atoms with Gasteiger partial charge >= 0.3 is 0 Å². The fourth-order valence-corrected chi connectivity index (χ4v) is 2.30. The molecular formula is C19H24N2O4. The molecule has 2 N–H and O–H groups in total. The maximum atomic E-state index is 12.1. The molecule has 134 valence electrons. The van der Waals surface area contributed by atoms with E-state index in [9.17, 15) is 4.79 Å². The Morgan fingerprint density at radius 3 is 2.24 bits per heavy atom. The van der Waals surface area contributed by atoms with Crippen LogP contribution < -0.4 is 24.8 Å². The summed E-state index contributed by atoms with van der Waals surface area (Å²) in [5.41, 5.74) is 1.73. The largest absolute Gasteiger partial charge is 0.497 e. The monoisotopic (exact) mass is 344 g/mol. The van der Waals surface area contributed by atoms with Crippen LogP contribution in [0.25, 0.3) is 0 Å². The van der Waals surface area contributed by atoms with Crippen LogP contribution in [0, 0.1) is 0 Å². The maximum Gasteiger partial charge on any atom is 0.225 e. The highest BCUT2D eigenvalue weighted by Crippen LogP contribution is 2.28. The number of hydrogen-bond acceptors (Lipinski definition) is 5. The zero-order valence-corrected chi connectivity index (χ0v) is 14.8. The first kappa shape index (κ1) is 18.6. The minimum atomic E-state index is -0.0891. The van der Waals surface area contributed by atoms with Gasteiger partial charge in [-0.1, -0.05) is 12.1 Å². The van der Waals surface area contributed by atoms with Crippen LogP contribution in [0.3, 0.4) is 0 Å². The van der Waals surface area contributed by atoms with Crippen molar-refractivity contribution in [2.75, 3.05) is 33.2 Å². The molecule has 0 heterocycles. The van der Waals surface area contributed by atoms with Gasteiger partial charge in [-0.3, -0.25) is 4.79 Å². The predicted molar refractivity (Wildman–Crippen MR) is 97.5 cm³/mol. The number of ether oxygens (including phenoxy) is 3. The molecule has 0 radical (unpaired) electrons. The molecule has 0 fully saturated rings. The van der Waals surface area contributed by atoms with E-state index in [1.54, 1.807) is 39.5 Å². The van der Waals surface area contributed by atoms with Gasteiger partial charge in [0.1, 0.15) is 17.2 Å².